The van der Waals surface area contributed by atoms with Crippen LogP contribution in [0, 0.1) is 0 Å². The quantitative estimate of drug-likeness (QED) is 0.837. The van der Waals surface area contributed by atoms with E-state index in [2.05, 4.69) is 19.9 Å². The highest BCUT2D eigenvalue weighted by atomic mass is 16.5. The molecule has 1 aromatic rings. The van der Waals surface area contributed by atoms with Gasteiger partial charge >= 0.3 is 0 Å². The van der Waals surface area contributed by atoms with Crippen LogP contribution in [0.15, 0.2) is 4.52 Å². The molecule has 1 amide bonds. The highest BCUT2D eigenvalue weighted by Gasteiger charge is 2.32. The van der Waals surface area contributed by atoms with Crippen LogP contribution in [-0.2, 0) is 16.1 Å². The molecule has 1 atom stereocenters. The van der Waals surface area contributed by atoms with Gasteiger partial charge in [-0.25, -0.2) is 0 Å². The van der Waals surface area contributed by atoms with E-state index in [-0.39, 0.29) is 12.0 Å². The topological polar surface area (TPSA) is 71.7 Å². The van der Waals surface area contributed by atoms with Gasteiger partial charge in [-0.1, -0.05) is 18.0 Å². The normalized spacial score (nSPS) is 27.2. The van der Waals surface area contributed by atoms with Crippen molar-refractivity contribution < 1.29 is 14.1 Å². The van der Waals surface area contributed by atoms with Crippen LogP contribution < -0.4 is 0 Å². The van der Waals surface area contributed by atoms with Crippen molar-refractivity contribution in [1.29, 1.82) is 0 Å². The van der Waals surface area contributed by atoms with Crippen molar-refractivity contribution >= 4 is 5.91 Å². The van der Waals surface area contributed by atoms with Gasteiger partial charge in [0.2, 0.25) is 5.91 Å². The molecule has 2 saturated heterocycles. The Morgan fingerprint density at radius 1 is 1.13 bits per heavy atom. The average molecular weight is 320 g/mol. The Morgan fingerprint density at radius 3 is 2.74 bits per heavy atom. The molecule has 0 N–H and O–H groups in total. The first-order valence-electron chi connectivity index (χ1n) is 8.75. The summed E-state index contributed by atoms with van der Waals surface area (Å²) in [5.41, 5.74) is 0. The number of carbonyl (C=O) groups excluding carboxylic acids is 1. The van der Waals surface area contributed by atoms with Gasteiger partial charge in [-0.3, -0.25) is 9.69 Å². The lowest BCUT2D eigenvalue weighted by atomic mass is 10.1. The summed E-state index contributed by atoms with van der Waals surface area (Å²) >= 11 is 0. The minimum absolute atomic E-state index is 0.0444. The van der Waals surface area contributed by atoms with Crippen molar-refractivity contribution in [2.75, 3.05) is 26.2 Å². The van der Waals surface area contributed by atoms with E-state index in [0.717, 1.165) is 32.5 Å². The summed E-state index contributed by atoms with van der Waals surface area (Å²) in [6.07, 6.45) is 6.79. The number of ether oxygens (including phenoxy) is 1. The van der Waals surface area contributed by atoms with Crippen LogP contribution >= 0.6 is 0 Å². The molecule has 1 aromatic heterocycles. The molecule has 0 aromatic carbocycles. The van der Waals surface area contributed by atoms with Gasteiger partial charge in [-0.05, 0) is 25.7 Å². The van der Waals surface area contributed by atoms with Crippen LogP contribution in [0.1, 0.15) is 56.3 Å². The zero-order valence-electron chi connectivity index (χ0n) is 13.4. The number of aromatic nitrogens is 2. The van der Waals surface area contributed by atoms with Crippen molar-refractivity contribution in [3.63, 3.8) is 0 Å². The molecule has 126 valence electrons. The number of carbonyl (C=O) groups is 1. The number of hydrogen-bond donors (Lipinski definition) is 0. The fraction of sp³-hybridized carbons (Fsp3) is 0.812. The second kappa shape index (κ2) is 6.57. The van der Waals surface area contributed by atoms with E-state index in [1.807, 2.05) is 0 Å². The van der Waals surface area contributed by atoms with Gasteiger partial charge < -0.3 is 14.2 Å². The predicted octanol–water partition coefficient (Wildman–Crippen LogP) is 1.51. The number of piperazine rings is 1. The van der Waals surface area contributed by atoms with E-state index < -0.39 is 0 Å². The lowest BCUT2D eigenvalue weighted by Gasteiger charge is -2.37. The number of rotatable bonds is 4. The Hall–Kier alpha value is -1.47. The molecular weight excluding hydrogens is 296 g/mol. The molecule has 0 radical (unpaired) electrons. The number of hydrogen-bond acceptors (Lipinski definition) is 6. The molecule has 0 spiro atoms. The van der Waals surface area contributed by atoms with E-state index in [4.69, 9.17) is 9.26 Å². The summed E-state index contributed by atoms with van der Waals surface area (Å²) < 4.78 is 10.9. The van der Waals surface area contributed by atoms with Crippen LogP contribution in [0.5, 0.6) is 0 Å². The van der Waals surface area contributed by atoms with Crippen LogP contribution in [0.4, 0.5) is 0 Å². The molecule has 1 saturated carbocycles. The maximum absolute atomic E-state index is 12.4. The minimum Gasteiger partial charge on any atom is -0.368 e. The first-order chi connectivity index (χ1) is 11.3. The van der Waals surface area contributed by atoms with Crippen LogP contribution in [0.2, 0.25) is 0 Å². The molecule has 7 nitrogen and oxygen atoms in total. The maximum atomic E-state index is 12.4. The first-order valence-corrected chi connectivity index (χ1v) is 8.75. The first kappa shape index (κ1) is 15.1. The van der Waals surface area contributed by atoms with Crippen molar-refractivity contribution in [2.24, 2.45) is 0 Å². The van der Waals surface area contributed by atoms with Crippen LogP contribution in [-0.4, -0.2) is 58.1 Å². The van der Waals surface area contributed by atoms with E-state index >= 15 is 0 Å². The summed E-state index contributed by atoms with van der Waals surface area (Å²) in [7, 11) is 0. The van der Waals surface area contributed by atoms with E-state index in [1.54, 1.807) is 0 Å². The van der Waals surface area contributed by atoms with Gasteiger partial charge in [0.25, 0.3) is 5.89 Å². The highest BCUT2D eigenvalue weighted by Crippen LogP contribution is 2.27. The Bertz CT molecular complexity index is 549. The summed E-state index contributed by atoms with van der Waals surface area (Å²) in [6.45, 7) is 3.49. The molecular formula is C16H24N4O3. The maximum Gasteiger partial charge on any atom is 0.255 e. The Balaban J connectivity index is 1.32. The Morgan fingerprint density at radius 2 is 2.00 bits per heavy atom. The smallest absolute Gasteiger partial charge is 0.255 e. The summed E-state index contributed by atoms with van der Waals surface area (Å²) in [5, 5.41) is 4.04. The van der Waals surface area contributed by atoms with Crippen molar-refractivity contribution in [2.45, 2.75) is 57.2 Å². The standard InChI is InChI=1S/C16H24N4O3/c21-15-11-19(7-8-20(15)12-4-1-2-5-12)10-14-17-16(23-18-14)13-6-3-9-22-13/h12-13H,1-11H2. The molecule has 1 aliphatic carbocycles. The third-order valence-corrected chi connectivity index (χ3v) is 5.16. The van der Waals surface area contributed by atoms with Crippen LogP contribution in [0.25, 0.3) is 0 Å². The summed E-state index contributed by atoms with van der Waals surface area (Å²) in [4.78, 5) is 21.0. The summed E-state index contributed by atoms with van der Waals surface area (Å²) in [6, 6.07) is 0.473. The van der Waals surface area contributed by atoms with Crippen molar-refractivity contribution in [3.05, 3.63) is 11.7 Å². The molecule has 3 heterocycles. The van der Waals surface area contributed by atoms with E-state index in [1.165, 1.54) is 25.7 Å². The third-order valence-electron chi connectivity index (χ3n) is 5.16. The molecule has 1 unspecified atom stereocenters. The minimum atomic E-state index is -0.0444. The van der Waals surface area contributed by atoms with Gasteiger partial charge in [0.1, 0.15) is 6.10 Å². The Labute approximate surface area is 136 Å². The van der Waals surface area contributed by atoms with E-state index in [9.17, 15) is 4.79 Å². The lowest BCUT2D eigenvalue weighted by Crippen LogP contribution is -2.53. The molecule has 4 rings (SSSR count). The molecule has 3 fully saturated rings. The highest BCUT2D eigenvalue weighted by molar-refractivity contribution is 5.79. The predicted molar refractivity (Wildman–Crippen MR) is 81.5 cm³/mol. The number of nitrogens with zero attached hydrogens (tertiary/aromatic N) is 4. The van der Waals surface area contributed by atoms with Crippen molar-refractivity contribution in [3.8, 4) is 0 Å². The second-order valence-electron chi connectivity index (χ2n) is 6.79. The third kappa shape index (κ3) is 3.26. The monoisotopic (exact) mass is 320 g/mol. The van der Waals surface area contributed by atoms with Gasteiger partial charge in [-0.2, -0.15) is 4.98 Å². The largest absolute Gasteiger partial charge is 0.368 e. The Kier molecular flexibility index (Phi) is 4.31. The van der Waals surface area contributed by atoms with Gasteiger partial charge in [0.15, 0.2) is 5.82 Å². The molecule has 0 bridgehead atoms. The van der Waals surface area contributed by atoms with Gasteiger partial charge in [-0.15, -0.1) is 0 Å². The zero-order valence-corrected chi connectivity index (χ0v) is 13.4. The second-order valence-corrected chi connectivity index (χ2v) is 6.79. The summed E-state index contributed by atoms with van der Waals surface area (Å²) in [5.74, 6) is 1.47. The fourth-order valence-electron chi connectivity index (χ4n) is 3.91. The number of amides is 1. The molecule has 7 heteroatoms. The molecule has 23 heavy (non-hydrogen) atoms. The van der Waals surface area contributed by atoms with Crippen LogP contribution in [0.3, 0.4) is 0 Å². The molecule has 2 aliphatic heterocycles. The fourth-order valence-corrected chi connectivity index (χ4v) is 3.91. The van der Waals surface area contributed by atoms with Crippen molar-refractivity contribution in [1.82, 2.24) is 19.9 Å². The SMILES string of the molecule is O=C1CN(Cc2noc(C3CCCO3)n2)CCN1C1CCCC1. The van der Waals surface area contributed by atoms with E-state index in [0.29, 0.717) is 30.8 Å². The zero-order chi connectivity index (χ0) is 15.6. The lowest BCUT2D eigenvalue weighted by molar-refractivity contribution is -0.138. The molecule has 3 aliphatic rings. The van der Waals surface area contributed by atoms with Gasteiger partial charge in [0.05, 0.1) is 13.1 Å². The average Bonchev–Trinajstić information content (AvgIpc) is 3.30. The van der Waals surface area contributed by atoms with Gasteiger partial charge in [0, 0.05) is 25.7 Å².